The monoisotopic (exact) mass is 517 g/mol. The highest BCUT2D eigenvalue weighted by molar-refractivity contribution is 5.95. The Morgan fingerprint density at radius 3 is 2.22 bits per heavy atom. The molecule has 0 aromatic heterocycles. The molecule has 3 amide bonds. The van der Waals surface area contributed by atoms with Crippen LogP contribution >= 0.6 is 0 Å². The number of carbonyl (C=O) groups is 4. The first-order valence-corrected chi connectivity index (χ1v) is 12.9. The number of nitrogens with one attached hydrogen (secondary N) is 1. The summed E-state index contributed by atoms with van der Waals surface area (Å²) in [5.41, 5.74) is -0.321. The van der Waals surface area contributed by atoms with Crippen LogP contribution < -0.4 is 5.32 Å². The molecule has 3 saturated heterocycles. The number of piperidine rings is 1. The van der Waals surface area contributed by atoms with E-state index in [4.69, 9.17) is 9.47 Å². The minimum absolute atomic E-state index is 0.105. The van der Waals surface area contributed by atoms with Gasteiger partial charge in [-0.25, -0.2) is 14.0 Å². The molecule has 2 unspecified atom stereocenters. The van der Waals surface area contributed by atoms with Crippen molar-refractivity contribution < 1.29 is 33.0 Å². The lowest BCUT2D eigenvalue weighted by molar-refractivity contribution is -0.152. The normalized spacial score (nSPS) is 26.0. The number of benzene rings is 1. The highest BCUT2D eigenvalue weighted by Gasteiger charge is 2.49. The first kappa shape index (κ1) is 26.9. The molecule has 0 radical (unpaired) electrons. The fraction of sp³-hybridized carbons (Fsp3) is 0.630. The summed E-state index contributed by atoms with van der Waals surface area (Å²) in [6, 6.07) is 3.73. The number of fused-ring (bicyclic) bond motifs is 2. The smallest absolute Gasteiger partial charge is 0.408 e. The number of nitrogens with zero attached hydrogens (tertiary/aromatic N) is 2. The van der Waals surface area contributed by atoms with Gasteiger partial charge in [-0.05, 0) is 89.5 Å². The second-order valence-corrected chi connectivity index (χ2v) is 11.2. The van der Waals surface area contributed by atoms with Crippen molar-refractivity contribution in [2.75, 3.05) is 13.7 Å². The van der Waals surface area contributed by atoms with E-state index >= 15 is 0 Å². The first-order chi connectivity index (χ1) is 17.5. The number of hydrogen-bond donors (Lipinski definition) is 1. The van der Waals surface area contributed by atoms with Crippen LogP contribution in [0.3, 0.4) is 0 Å². The van der Waals surface area contributed by atoms with Gasteiger partial charge in [0.15, 0.2) is 0 Å². The molecule has 1 aromatic carbocycles. The zero-order valence-corrected chi connectivity index (χ0v) is 21.9. The zero-order chi connectivity index (χ0) is 26.9. The summed E-state index contributed by atoms with van der Waals surface area (Å²) < 4.78 is 23.7. The third-order valence-electron chi connectivity index (χ3n) is 7.51. The SMILES string of the molecule is COC(=O)[C@@H]1CCCN1C(=O)[C@@H](NC(=O)OC(C)(C)C)C1CC2CCC(C1)N2C(=O)c1ccc(F)cc1. The van der Waals surface area contributed by atoms with Crippen LogP contribution in [0.4, 0.5) is 9.18 Å². The van der Waals surface area contributed by atoms with E-state index in [-0.39, 0.29) is 29.8 Å². The number of alkyl carbamates (subject to hydrolysis) is 1. The van der Waals surface area contributed by atoms with Gasteiger partial charge in [-0.15, -0.1) is 0 Å². The van der Waals surface area contributed by atoms with E-state index < -0.39 is 35.6 Å². The Kier molecular flexibility index (Phi) is 7.75. The summed E-state index contributed by atoms with van der Waals surface area (Å²) >= 11 is 0. The number of likely N-dealkylation sites (tertiary alicyclic amines) is 1. The predicted molar refractivity (Wildman–Crippen MR) is 132 cm³/mol. The fourth-order valence-corrected chi connectivity index (χ4v) is 5.97. The van der Waals surface area contributed by atoms with Crippen molar-refractivity contribution in [3.8, 4) is 0 Å². The second kappa shape index (κ2) is 10.7. The lowest BCUT2D eigenvalue weighted by atomic mass is 9.83. The summed E-state index contributed by atoms with van der Waals surface area (Å²) in [5.74, 6) is -1.60. The van der Waals surface area contributed by atoms with E-state index in [1.54, 1.807) is 20.8 Å². The number of rotatable bonds is 5. The molecule has 0 saturated carbocycles. The number of halogens is 1. The summed E-state index contributed by atoms with van der Waals surface area (Å²) in [6.45, 7) is 5.64. The van der Waals surface area contributed by atoms with Crippen molar-refractivity contribution in [2.45, 2.75) is 89.1 Å². The molecule has 3 heterocycles. The van der Waals surface area contributed by atoms with Crippen molar-refractivity contribution in [3.05, 3.63) is 35.6 Å². The van der Waals surface area contributed by atoms with Crippen molar-refractivity contribution in [1.82, 2.24) is 15.1 Å². The molecule has 202 valence electrons. The Hall–Kier alpha value is -3.17. The number of methoxy groups -OCH3 is 1. The predicted octanol–water partition coefficient (Wildman–Crippen LogP) is 3.27. The molecule has 10 heteroatoms. The van der Waals surface area contributed by atoms with Crippen LogP contribution in [0, 0.1) is 11.7 Å². The minimum Gasteiger partial charge on any atom is -0.467 e. The van der Waals surface area contributed by atoms with Crippen LogP contribution in [0.2, 0.25) is 0 Å². The van der Waals surface area contributed by atoms with Crippen LogP contribution in [0.5, 0.6) is 0 Å². The highest BCUT2D eigenvalue weighted by atomic mass is 19.1. The molecule has 37 heavy (non-hydrogen) atoms. The van der Waals surface area contributed by atoms with Gasteiger partial charge in [-0.1, -0.05) is 0 Å². The molecule has 0 aliphatic carbocycles. The Morgan fingerprint density at radius 1 is 1.03 bits per heavy atom. The minimum atomic E-state index is -0.897. The van der Waals surface area contributed by atoms with Gasteiger partial charge in [-0.2, -0.15) is 0 Å². The van der Waals surface area contributed by atoms with Crippen LogP contribution in [0.25, 0.3) is 0 Å². The molecule has 1 aromatic rings. The van der Waals surface area contributed by atoms with Crippen LogP contribution in [0.15, 0.2) is 24.3 Å². The largest absolute Gasteiger partial charge is 0.467 e. The Morgan fingerprint density at radius 2 is 1.65 bits per heavy atom. The molecule has 9 nitrogen and oxygen atoms in total. The maximum atomic E-state index is 13.8. The third-order valence-corrected chi connectivity index (χ3v) is 7.51. The molecule has 3 aliphatic heterocycles. The number of hydrogen-bond acceptors (Lipinski definition) is 6. The van der Waals surface area contributed by atoms with E-state index in [1.165, 1.54) is 36.3 Å². The number of amides is 3. The van der Waals surface area contributed by atoms with Crippen LogP contribution in [-0.2, 0) is 19.1 Å². The van der Waals surface area contributed by atoms with E-state index in [1.807, 2.05) is 4.90 Å². The van der Waals surface area contributed by atoms with Crippen molar-refractivity contribution in [2.24, 2.45) is 5.92 Å². The topological polar surface area (TPSA) is 105 Å². The fourth-order valence-electron chi connectivity index (χ4n) is 5.97. The average Bonchev–Trinajstić information content (AvgIpc) is 3.43. The number of carbonyl (C=O) groups excluding carboxylic acids is 4. The molecule has 4 atom stereocenters. The van der Waals surface area contributed by atoms with Gasteiger partial charge >= 0.3 is 12.1 Å². The van der Waals surface area contributed by atoms with Crippen molar-refractivity contribution in [1.29, 1.82) is 0 Å². The van der Waals surface area contributed by atoms with E-state index in [0.29, 0.717) is 37.8 Å². The second-order valence-electron chi connectivity index (χ2n) is 11.2. The van der Waals surface area contributed by atoms with Crippen molar-refractivity contribution >= 4 is 23.9 Å². The van der Waals surface area contributed by atoms with Crippen LogP contribution in [-0.4, -0.2) is 77.1 Å². The zero-order valence-electron chi connectivity index (χ0n) is 21.9. The molecule has 1 N–H and O–H groups in total. The van der Waals surface area contributed by atoms with Gasteiger partial charge in [0.1, 0.15) is 23.5 Å². The van der Waals surface area contributed by atoms with Gasteiger partial charge in [0, 0.05) is 24.2 Å². The van der Waals surface area contributed by atoms with Gasteiger partial charge in [0.25, 0.3) is 5.91 Å². The standard InChI is InChI=1S/C27H36FN3O6/c1-27(2,3)37-26(35)29-22(24(33)30-13-5-6-21(30)25(34)36-4)17-14-19-11-12-20(15-17)31(19)23(32)16-7-9-18(28)10-8-16/h7-10,17,19-22H,5-6,11-15H2,1-4H3,(H,29,35)/t17?,19?,20?,21-,22-/m0/s1. The Labute approximate surface area is 216 Å². The summed E-state index contributed by atoms with van der Waals surface area (Å²) in [5, 5.41) is 2.80. The lowest BCUT2D eigenvalue weighted by Gasteiger charge is -2.42. The molecule has 4 rings (SSSR count). The van der Waals surface area contributed by atoms with Crippen molar-refractivity contribution in [3.63, 3.8) is 0 Å². The molecular formula is C27H36FN3O6. The number of esters is 1. The maximum Gasteiger partial charge on any atom is 0.408 e. The summed E-state index contributed by atoms with van der Waals surface area (Å²) in [7, 11) is 1.30. The van der Waals surface area contributed by atoms with E-state index in [0.717, 1.165) is 12.8 Å². The number of ether oxygens (including phenoxy) is 2. The molecule has 2 bridgehead atoms. The molecule has 0 spiro atoms. The maximum absolute atomic E-state index is 13.8. The molecular weight excluding hydrogens is 481 g/mol. The lowest BCUT2D eigenvalue weighted by Crippen LogP contribution is -2.58. The highest BCUT2D eigenvalue weighted by Crippen LogP contribution is 2.41. The van der Waals surface area contributed by atoms with Gasteiger partial charge in [-0.3, -0.25) is 9.59 Å². The molecule has 3 fully saturated rings. The Bertz CT molecular complexity index is 1030. The quantitative estimate of drug-likeness (QED) is 0.601. The summed E-state index contributed by atoms with van der Waals surface area (Å²) in [6.07, 6.45) is 3.09. The average molecular weight is 518 g/mol. The van der Waals surface area contributed by atoms with Crippen LogP contribution in [0.1, 0.15) is 69.7 Å². The van der Waals surface area contributed by atoms with Gasteiger partial charge in [0.05, 0.1) is 7.11 Å². The first-order valence-electron chi connectivity index (χ1n) is 12.9. The molecule has 3 aliphatic rings. The Balaban J connectivity index is 1.55. The third kappa shape index (κ3) is 5.88. The van der Waals surface area contributed by atoms with E-state index in [2.05, 4.69) is 5.32 Å². The van der Waals surface area contributed by atoms with Gasteiger partial charge < -0.3 is 24.6 Å². The van der Waals surface area contributed by atoms with E-state index in [9.17, 15) is 23.6 Å². The van der Waals surface area contributed by atoms with Gasteiger partial charge in [0.2, 0.25) is 5.91 Å². The summed E-state index contributed by atoms with van der Waals surface area (Å²) in [4.78, 5) is 55.5.